The van der Waals surface area contributed by atoms with Crippen molar-refractivity contribution in [2.24, 2.45) is 0 Å². The maximum absolute atomic E-state index is 11.6. The zero-order valence-electron chi connectivity index (χ0n) is 13.2. The van der Waals surface area contributed by atoms with Gasteiger partial charge in [0, 0.05) is 26.7 Å². The minimum atomic E-state index is -0.131. The Bertz CT molecular complexity index is 405. The van der Waals surface area contributed by atoms with Crippen LogP contribution in [0.15, 0.2) is 36.0 Å². The molecule has 1 fully saturated rings. The summed E-state index contributed by atoms with van der Waals surface area (Å²) in [6, 6.07) is 0. The molecule has 1 rings (SSSR count). The van der Waals surface area contributed by atoms with Crippen molar-refractivity contribution in [3.8, 4) is 0 Å². The second-order valence-corrected chi connectivity index (χ2v) is 4.72. The maximum Gasteiger partial charge on any atom is 0.246 e. The molecule has 2 N–H and O–H groups in total. The number of rotatable bonds is 11. The number of ether oxygens (including phenoxy) is 3. The molecule has 0 aromatic heterocycles. The van der Waals surface area contributed by atoms with E-state index < -0.39 is 0 Å². The topological polar surface area (TPSA) is 68.8 Å². The predicted octanol–water partition coefficient (Wildman–Crippen LogP) is 0.424. The lowest BCUT2D eigenvalue weighted by Crippen LogP contribution is -2.28. The van der Waals surface area contributed by atoms with Gasteiger partial charge in [-0.15, -0.1) is 0 Å². The molecule has 1 amide bonds. The highest BCUT2D eigenvalue weighted by molar-refractivity contribution is 5.77. The minimum Gasteiger partial charge on any atom is -0.382 e. The molecule has 0 atom stereocenters. The van der Waals surface area contributed by atoms with Gasteiger partial charge in [-0.25, -0.2) is 0 Å². The zero-order valence-corrected chi connectivity index (χ0v) is 13.2. The number of amides is 1. The van der Waals surface area contributed by atoms with Crippen molar-refractivity contribution in [3.63, 3.8) is 0 Å². The Hall–Kier alpha value is -1.47. The van der Waals surface area contributed by atoms with Gasteiger partial charge in [0.15, 0.2) is 0 Å². The maximum atomic E-state index is 11.6. The van der Waals surface area contributed by atoms with Crippen molar-refractivity contribution in [3.05, 3.63) is 36.0 Å². The highest BCUT2D eigenvalue weighted by Gasteiger charge is 2.11. The third-order valence-electron chi connectivity index (χ3n) is 3.05. The average molecular weight is 310 g/mol. The lowest BCUT2D eigenvalue weighted by Gasteiger charge is -2.06. The Morgan fingerprint density at radius 1 is 1.23 bits per heavy atom. The Morgan fingerprint density at radius 3 is 2.73 bits per heavy atom. The van der Waals surface area contributed by atoms with Crippen LogP contribution in [0.2, 0.25) is 0 Å². The van der Waals surface area contributed by atoms with E-state index >= 15 is 0 Å². The fraction of sp³-hybridized carbons (Fsp3) is 0.562. The van der Waals surface area contributed by atoms with Crippen LogP contribution >= 0.6 is 0 Å². The molecule has 0 spiro atoms. The molecule has 0 aromatic rings. The summed E-state index contributed by atoms with van der Waals surface area (Å²) in [6.07, 6.45) is 5.78. The molecule has 124 valence electrons. The van der Waals surface area contributed by atoms with Gasteiger partial charge in [-0.3, -0.25) is 4.79 Å². The lowest BCUT2D eigenvalue weighted by atomic mass is 10.1. The van der Waals surface area contributed by atoms with E-state index in [1.54, 1.807) is 13.2 Å². The quantitative estimate of drug-likeness (QED) is 0.542. The van der Waals surface area contributed by atoms with Gasteiger partial charge in [0.2, 0.25) is 5.91 Å². The predicted molar refractivity (Wildman–Crippen MR) is 85.8 cm³/mol. The number of carbonyl (C=O) groups excluding carboxylic acids is 1. The monoisotopic (exact) mass is 310 g/mol. The number of carbonyl (C=O) groups is 1. The van der Waals surface area contributed by atoms with Gasteiger partial charge < -0.3 is 24.8 Å². The van der Waals surface area contributed by atoms with E-state index in [1.165, 1.54) is 11.1 Å². The van der Waals surface area contributed by atoms with Crippen LogP contribution in [0.3, 0.4) is 0 Å². The van der Waals surface area contributed by atoms with Crippen LogP contribution in [0.25, 0.3) is 0 Å². The summed E-state index contributed by atoms with van der Waals surface area (Å²) >= 11 is 0. The van der Waals surface area contributed by atoms with Crippen molar-refractivity contribution < 1.29 is 19.0 Å². The molecule has 1 heterocycles. The van der Waals surface area contributed by atoms with Gasteiger partial charge in [0.05, 0.1) is 26.4 Å². The molecule has 0 aliphatic carbocycles. The van der Waals surface area contributed by atoms with E-state index in [-0.39, 0.29) is 12.5 Å². The summed E-state index contributed by atoms with van der Waals surface area (Å²) in [5.74, 6) is -0.131. The fourth-order valence-corrected chi connectivity index (χ4v) is 1.94. The van der Waals surface area contributed by atoms with Crippen LogP contribution in [0.4, 0.5) is 0 Å². The van der Waals surface area contributed by atoms with Crippen molar-refractivity contribution in [2.45, 2.75) is 0 Å². The molecule has 1 saturated heterocycles. The second kappa shape index (κ2) is 12.1. The molecular weight excluding hydrogens is 284 g/mol. The van der Waals surface area contributed by atoms with Gasteiger partial charge in [-0.2, -0.15) is 0 Å². The molecule has 0 bridgehead atoms. The highest BCUT2D eigenvalue weighted by atomic mass is 16.5. The molecule has 1 aliphatic heterocycles. The third-order valence-corrected chi connectivity index (χ3v) is 3.05. The summed E-state index contributed by atoms with van der Waals surface area (Å²) in [5.41, 5.74) is 2.42. The lowest BCUT2D eigenvalue weighted by molar-refractivity contribution is -0.126. The normalized spacial score (nSPS) is 18.0. The summed E-state index contributed by atoms with van der Waals surface area (Å²) in [5, 5.41) is 6.07. The zero-order chi connectivity index (χ0) is 16.0. The fourth-order valence-electron chi connectivity index (χ4n) is 1.94. The largest absolute Gasteiger partial charge is 0.382 e. The van der Waals surface area contributed by atoms with Gasteiger partial charge >= 0.3 is 0 Å². The van der Waals surface area contributed by atoms with Gasteiger partial charge in [0.25, 0.3) is 0 Å². The van der Waals surface area contributed by atoms with Crippen LogP contribution in [0.5, 0.6) is 0 Å². The molecule has 0 saturated carbocycles. The SMILES string of the molecule is C=C/C=C1/CNC/C1=C/CNC(=O)COCCOCCOC. The van der Waals surface area contributed by atoms with Crippen molar-refractivity contribution in [2.75, 3.05) is 59.8 Å². The molecule has 22 heavy (non-hydrogen) atoms. The highest BCUT2D eigenvalue weighted by Crippen LogP contribution is 2.13. The van der Waals surface area contributed by atoms with E-state index in [2.05, 4.69) is 17.2 Å². The van der Waals surface area contributed by atoms with Crippen LogP contribution < -0.4 is 10.6 Å². The standard InChI is InChI=1S/C16H26N2O4/c1-3-4-14-11-17-12-15(14)5-6-18-16(19)13-22-10-9-21-8-7-20-2/h3-5,17H,1,6-13H2,2H3,(H,18,19)/b14-4-,15-5-. The molecule has 1 aliphatic rings. The smallest absolute Gasteiger partial charge is 0.246 e. The van der Waals surface area contributed by atoms with Crippen LogP contribution in [-0.4, -0.2) is 65.7 Å². The summed E-state index contributed by atoms with van der Waals surface area (Å²) in [7, 11) is 1.62. The number of allylic oxidation sites excluding steroid dienone is 2. The number of hydrogen-bond acceptors (Lipinski definition) is 5. The molecule has 6 heteroatoms. The third kappa shape index (κ3) is 8.09. The molecule has 0 unspecified atom stereocenters. The average Bonchev–Trinajstić information content (AvgIpc) is 2.94. The van der Waals surface area contributed by atoms with Crippen molar-refractivity contribution >= 4 is 5.91 Å². The van der Waals surface area contributed by atoms with Crippen molar-refractivity contribution in [1.82, 2.24) is 10.6 Å². The van der Waals surface area contributed by atoms with Gasteiger partial charge in [-0.1, -0.05) is 24.8 Å². The number of methoxy groups -OCH3 is 1. The van der Waals surface area contributed by atoms with E-state index in [9.17, 15) is 4.79 Å². The van der Waals surface area contributed by atoms with Gasteiger partial charge in [-0.05, 0) is 11.1 Å². The first kappa shape index (κ1) is 18.6. The van der Waals surface area contributed by atoms with Crippen LogP contribution in [0.1, 0.15) is 0 Å². The Kier molecular flexibility index (Phi) is 10.2. The summed E-state index contributed by atoms with van der Waals surface area (Å²) < 4.78 is 15.3. The Labute approximate surface area is 132 Å². The Morgan fingerprint density at radius 2 is 1.95 bits per heavy atom. The minimum absolute atomic E-state index is 0.0460. The Balaban J connectivity index is 2.08. The van der Waals surface area contributed by atoms with Gasteiger partial charge in [0.1, 0.15) is 6.61 Å². The van der Waals surface area contributed by atoms with E-state index in [1.807, 2.05) is 12.2 Å². The summed E-state index contributed by atoms with van der Waals surface area (Å²) in [6.45, 7) is 7.87. The van der Waals surface area contributed by atoms with E-state index in [0.717, 1.165) is 13.1 Å². The summed E-state index contributed by atoms with van der Waals surface area (Å²) in [4.78, 5) is 11.6. The first-order valence-corrected chi connectivity index (χ1v) is 7.40. The second-order valence-electron chi connectivity index (χ2n) is 4.72. The van der Waals surface area contributed by atoms with E-state index in [4.69, 9.17) is 14.2 Å². The molecule has 0 aromatic carbocycles. The van der Waals surface area contributed by atoms with Crippen molar-refractivity contribution in [1.29, 1.82) is 0 Å². The van der Waals surface area contributed by atoms with E-state index in [0.29, 0.717) is 33.0 Å². The molecule has 0 radical (unpaired) electrons. The first-order valence-electron chi connectivity index (χ1n) is 7.40. The number of nitrogens with one attached hydrogen (secondary N) is 2. The van der Waals surface area contributed by atoms with Crippen LogP contribution in [0, 0.1) is 0 Å². The number of hydrogen-bond donors (Lipinski definition) is 2. The molecular formula is C16H26N2O4. The van der Waals surface area contributed by atoms with Crippen LogP contribution in [-0.2, 0) is 19.0 Å². The molecule has 6 nitrogen and oxygen atoms in total. The first-order chi connectivity index (χ1) is 10.8.